The summed E-state index contributed by atoms with van der Waals surface area (Å²) in [5, 5.41) is 2.20. The summed E-state index contributed by atoms with van der Waals surface area (Å²) in [4.78, 5) is 18.7. The van der Waals surface area contributed by atoms with E-state index in [0.717, 1.165) is 94.5 Å². The second kappa shape index (κ2) is 13.8. The number of nitrogens with zero attached hydrogens (tertiary/aromatic N) is 4. The lowest BCUT2D eigenvalue weighted by Crippen LogP contribution is -1.96. The number of benzene rings is 6. The SMILES string of the molecule is c1ccc(-c2cccc3c2oc2c(-c4ccc(-c5nc(-c6ccc(-c7ccncc7)cc6)cc(-c6ccc(-c7cccnc7)cc6)n5)cc4)cccc23)cc1. The monoisotopic (exact) mass is 704 g/mol. The molecule has 10 aromatic rings. The molecule has 10 rings (SSSR count). The molecular weight excluding hydrogens is 673 g/mol. The Bertz CT molecular complexity index is 2820. The quantitative estimate of drug-likeness (QED) is 0.165. The Labute approximate surface area is 318 Å². The molecular formula is C50H32N4O. The summed E-state index contributed by atoms with van der Waals surface area (Å²) < 4.78 is 6.71. The fourth-order valence-corrected chi connectivity index (χ4v) is 7.31. The average molecular weight is 705 g/mol. The summed E-state index contributed by atoms with van der Waals surface area (Å²) >= 11 is 0. The van der Waals surface area contributed by atoms with Gasteiger partial charge in [-0.2, -0.15) is 0 Å². The van der Waals surface area contributed by atoms with Gasteiger partial charge >= 0.3 is 0 Å². The first-order valence-electron chi connectivity index (χ1n) is 18.3. The van der Waals surface area contributed by atoms with Crippen LogP contribution in [0.3, 0.4) is 0 Å². The Kier molecular flexibility index (Phi) is 8.08. The summed E-state index contributed by atoms with van der Waals surface area (Å²) in [6.45, 7) is 0. The molecule has 6 aromatic carbocycles. The molecule has 0 aliphatic heterocycles. The number of pyridine rings is 2. The maximum atomic E-state index is 6.71. The zero-order valence-electron chi connectivity index (χ0n) is 29.7. The number of fused-ring (bicyclic) bond motifs is 3. The van der Waals surface area contributed by atoms with E-state index in [1.165, 1.54) is 0 Å². The van der Waals surface area contributed by atoms with Crippen LogP contribution in [0.1, 0.15) is 0 Å². The van der Waals surface area contributed by atoms with Crippen molar-refractivity contribution in [3.8, 4) is 78.4 Å². The van der Waals surface area contributed by atoms with E-state index in [2.05, 4.69) is 156 Å². The van der Waals surface area contributed by atoms with Gasteiger partial charge in [-0.1, -0.05) is 146 Å². The molecule has 4 heterocycles. The van der Waals surface area contributed by atoms with Crippen molar-refractivity contribution in [1.29, 1.82) is 0 Å². The lowest BCUT2D eigenvalue weighted by molar-refractivity contribution is 0.671. The van der Waals surface area contributed by atoms with Crippen LogP contribution >= 0.6 is 0 Å². The molecule has 0 unspecified atom stereocenters. The number of furan rings is 1. The highest BCUT2D eigenvalue weighted by atomic mass is 16.3. The van der Waals surface area contributed by atoms with E-state index in [4.69, 9.17) is 14.4 Å². The van der Waals surface area contributed by atoms with E-state index in [0.29, 0.717) is 5.82 Å². The van der Waals surface area contributed by atoms with Gasteiger partial charge in [0.05, 0.1) is 11.4 Å². The molecule has 0 saturated heterocycles. The van der Waals surface area contributed by atoms with Crippen LogP contribution in [0.4, 0.5) is 0 Å². The van der Waals surface area contributed by atoms with Crippen LogP contribution in [0.15, 0.2) is 199 Å². The minimum atomic E-state index is 0.656. The molecule has 5 nitrogen and oxygen atoms in total. The van der Waals surface area contributed by atoms with Crippen molar-refractivity contribution in [2.75, 3.05) is 0 Å². The zero-order valence-corrected chi connectivity index (χ0v) is 29.7. The molecule has 0 spiro atoms. The average Bonchev–Trinajstić information content (AvgIpc) is 3.67. The summed E-state index contributed by atoms with van der Waals surface area (Å²) in [5.74, 6) is 0.656. The van der Waals surface area contributed by atoms with E-state index >= 15 is 0 Å². The van der Waals surface area contributed by atoms with Crippen molar-refractivity contribution >= 4 is 21.9 Å². The minimum Gasteiger partial charge on any atom is -0.455 e. The molecule has 4 aromatic heterocycles. The Balaban J connectivity index is 1.04. The van der Waals surface area contributed by atoms with Crippen molar-refractivity contribution < 1.29 is 4.42 Å². The largest absolute Gasteiger partial charge is 0.455 e. The first kappa shape index (κ1) is 32.2. The van der Waals surface area contributed by atoms with Crippen molar-refractivity contribution in [1.82, 2.24) is 19.9 Å². The van der Waals surface area contributed by atoms with Gasteiger partial charge in [-0.3, -0.25) is 9.97 Å². The normalized spacial score (nSPS) is 11.3. The summed E-state index contributed by atoms with van der Waals surface area (Å²) in [6, 6.07) is 58.7. The van der Waals surface area contributed by atoms with Crippen LogP contribution in [-0.2, 0) is 0 Å². The predicted octanol–water partition coefficient (Wildman–Crippen LogP) is 12.8. The molecule has 0 bridgehead atoms. The first-order chi connectivity index (χ1) is 27.2. The van der Waals surface area contributed by atoms with E-state index in [9.17, 15) is 0 Å². The zero-order chi connectivity index (χ0) is 36.6. The van der Waals surface area contributed by atoms with Gasteiger partial charge in [-0.25, -0.2) is 9.97 Å². The van der Waals surface area contributed by atoms with Gasteiger partial charge in [0.2, 0.25) is 0 Å². The Hall–Kier alpha value is -7.50. The van der Waals surface area contributed by atoms with Gasteiger partial charge in [0, 0.05) is 63.4 Å². The smallest absolute Gasteiger partial charge is 0.160 e. The standard InChI is InChI=1S/C50H32N4O/c1-2-7-36(8-3-1)42-10-4-12-44-45-13-5-11-43(49(45)55-48(42)44)37-18-24-40(25-19-37)50-53-46(38-20-14-33(15-21-38)35-26-29-51-30-27-35)31-47(54-50)39-22-16-34(17-23-39)41-9-6-28-52-32-41/h1-32H. The van der Waals surface area contributed by atoms with E-state index in [1.807, 2.05) is 42.9 Å². The number of rotatable bonds is 7. The van der Waals surface area contributed by atoms with Gasteiger partial charge in [-0.15, -0.1) is 0 Å². The van der Waals surface area contributed by atoms with E-state index in [1.54, 1.807) is 6.20 Å². The number of para-hydroxylation sites is 2. The van der Waals surface area contributed by atoms with Crippen LogP contribution in [0.5, 0.6) is 0 Å². The number of hydrogen-bond acceptors (Lipinski definition) is 5. The maximum Gasteiger partial charge on any atom is 0.160 e. The van der Waals surface area contributed by atoms with Crippen LogP contribution in [0.2, 0.25) is 0 Å². The molecule has 0 radical (unpaired) electrons. The third kappa shape index (κ3) is 6.14. The van der Waals surface area contributed by atoms with E-state index in [-0.39, 0.29) is 0 Å². The van der Waals surface area contributed by atoms with Crippen molar-refractivity contribution in [3.05, 3.63) is 195 Å². The van der Waals surface area contributed by atoms with Gasteiger partial charge in [-0.05, 0) is 57.6 Å². The lowest BCUT2D eigenvalue weighted by atomic mass is 9.99. The highest BCUT2D eigenvalue weighted by molar-refractivity contribution is 6.13. The van der Waals surface area contributed by atoms with Crippen molar-refractivity contribution in [2.45, 2.75) is 0 Å². The van der Waals surface area contributed by atoms with Gasteiger partial charge < -0.3 is 4.42 Å². The fourth-order valence-electron chi connectivity index (χ4n) is 7.31. The third-order valence-electron chi connectivity index (χ3n) is 10.2. The van der Waals surface area contributed by atoms with Crippen molar-refractivity contribution in [2.24, 2.45) is 0 Å². The first-order valence-corrected chi connectivity index (χ1v) is 18.3. The number of aromatic nitrogens is 4. The molecule has 0 fully saturated rings. The molecule has 0 atom stereocenters. The molecule has 0 aliphatic rings. The van der Waals surface area contributed by atoms with Gasteiger partial charge in [0.1, 0.15) is 11.2 Å². The summed E-state index contributed by atoms with van der Waals surface area (Å²) in [6.07, 6.45) is 7.30. The summed E-state index contributed by atoms with van der Waals surface area (Å²) in [5.41, 5.74) is 15.1. The van der Waals surface area contributed by atoms with Crippen LogP contribution in [0.25, 0.3) is 100 Å². The Morgan fingerprint density at radius 3 is 1.40 bits per heavy atom. The fraction of sp³-hybridized carbons (Fsp3) is 0. The highest BCUT2D eigenvalue weighted by Crippen LogP contribution is 2.40. The molecule has 0 N–H and O–H groups in total. The maximum absolute atomic E-state index is 6.71. The molecule has 5 heteroatoms. The molecule has 0 saturated carbocycles. The van der Waals surface area contributed by atoms with E-state index < -0.39 is 0 Å². The van der Waals surface area contributed by atoms with Gasteiger partial charge in [0.25, 0.3) is 0 Å². The Morgan fingerprint density at radius 1 is 0.327 bits per heavy atom. The highest BCUT2D eigenvalue weighted by Gasteiger charge is 2.17. The molecule has 0 aliphatic carbocycles. The van der Waals surface area contributed by atoms with Crippen LogP contribution in [-0.4, -0.2) is 19.9 Å². The lowest BCUT2D eigenvalue weighted by Gasteiger charge is -2.11. The predicted molar refractivity (Wildman–Crippen MR) is 223 cm³/mol. The van der Waals surface area contributed by atoms with Crippen molar-refractivity contribution in [3.63, 3.8) is 0 Å². The van der Waals surface area contributed by atoms with Gasteiger partial charge in [0.15, 0.2) is 5.82 Å². The Morgan fingerprint density at radius 2 is 0.818 bits per heavy atom. The molecule has 0 amide bonds. The molecule has 258 valence electrons. The second-order valence-corrected chi connectivity index (χ2v) is 13.5. The summed E-state index contributed by atoms with van der Waals surface area (Å²) in [7, 11) is 0. The second-order valence-electron chi connectivity index (χ2n) is 13.5. The van der Waals surface area contributed by atoms with Crippen LogP contribution in [0, 0.1) is 0 Å². The van der Waals surface area contributed by atoms with Crippen LogP contribution < -0.4 is 0 Å². The third-order valence-corrected chi connectivity index (χ3v) is 10.2. The topological polar surface area (TPSA) is 64.7 Å². The molecule has 55 heavy (non-hydrogen) atoms. The minimum absolute atomic E-state index is 0.656. The number of hydrogen-bond donors (Lipinski definition) is 0.